The first-order valence-electron chi connectivity index (χ1n) is 7.39. The van der Waals surface area contributed by atoms with Crippen molar-refractivity contribution in [3.05, 3.63) is 36.4 Å². The minimum atomic E-state index is -4.35. The Labute approximate surface area is 163 Å². The SMILES string of the molecule is COc1ccc(OC)n2nc(S(=O)(=O)NC(=O)C3=CN(C)C=CN3Br)nc12. The Balaban J connectivity index is 1.97. The molecule has 1 aliphatic heterocycles. The van der Waals surface area contributed by atoms with Crippen LogP contribution in [0, 0.1) is 0 Å². The first-order chi connectivity index (χ1) is 12.8. The average molecular weight is 459 g/mol. The normalized spacial score (nSPS) is 14.3. The Morgan fingerprint density at radius 2 is 1.96 bits per heavy atom. The van der Waals surface area contributed by atoms with Gasteiger partial charge < -0.3 is 14.4 Å². The summed E-state index contributed by atoms with van der Waals surface area (Å²) in [4.78, 5) is 18.0. The van der Waals surface area contributed by atoms with Gasteiger partial charge in [0, 0.05) is 31.7 Å². The van der Waals surface area contributed by atoms with E-state index in [9.17, 15) is 13.2 Å². The van der Waals surface area contributed by atoms with Crippen LogP contribution in [0.25, 0.3) is 5.65 Å². The summed E-state index contributed by atoms with van der Waals surface area (Å²) in [6.07, 6.45) is 4.66. The van der Waals surface area contributed by atoms with Gasteiger partial charge in [-0.3, -0.25) is 8.72 Å². The van der Waals surface area contributed by atoms with Crippen molar-refractivity contribution >= 4 is 37.7 Å². The molecule has 2 aromatic rings. The summed E-state index contributed by atoms with van der Waals surface area (Å²) >= 11 is 3.14. The first kappa shape index (κ1) is 19.0. The van der Waals surface area contributed by atoms with Gasteiger partial charge in [0.15, 0.2) is 5.75 Å². The molecule has 2 aromatic heterocycles. The molecule has 3 rings (SSSR count). The largest absolute Gasteiger partial charge is 0.493 e. The second-order valence-corrected chi connectivity index (χ2v) is 7.64. The predicted molar refractivity (Wildman–Crippen MR) is 97.2 cm³/mol. The van der Waals surface area contributed by atoms with Crippen LogP contribution in [0.2, 0.25) is 0 Å². The molecule has 144 valence electrons. The number of carbonyl (C=O) groups excluding carboxylic acids is 1. The third-order valence-corrected chi connectivity index (χ3v) is 5.24. The van der Waals surface area contributed by atoms with Crippen LogP contribution in [-0.2, 0) is 14.8 Å². The van der Waals surface area contributed by atoms with Crippen molar-refractivity contribution in [2.45, 2.75) is 5.16 Å². The van der Waals surface area contributed by atoms with Gasteiger partial charge in [-0.1, -0.05) is 0 Å². The molecular formula is C14H15BrN6O5S. The van der Waals surface area contributed by atoms with Crippen LogP contribution < -0.4 is 14.2 Å². The minimum absolute atomic E-state index is 0.0579. The minimum Gasteiger partial charge on any atom is -0.493 e. The molecule has 1 amide bonds. The molecule has 0 spiro atoms. The lowest BCUT2D eigenvalue weighted by atomic mass is 10.4. The molecule has 0 saturated heterocycles. The van der Waals surface area contributed by atoms with Crippen molar-refractivity contribution in [2.75, 3.05) is 21.3 Å². The predicted octanol–water partition coefficient (Wildman–Crippen LogP) is 0.421. The number of hydrogen-bond donors (Lipinski definition) is 1. The molecule has 1 aliphatic rings. The number of rotatable bonds is 5. The van der Waals surface area contributed by atoms with Crippen LogP contribution in [0.1, 0.15) is 0 Å². The number of aromatic nitrogens is 3. The summed E-state index contributed by atoms with van der Waals surface area (Å²) in [5.74, 6) is -0.315. The number of ether oxygens (including phenoxy) is 2. The highest BCUT2D eigenvalue weighted by Gasteiger charge is 2.28. The standard InChI is InChI=1S/C14H15BrN6O5S/c1-19-6-7-20(15)9(8-19)13(22)18-27(23,24)14-16-12-10(25-2)4-5-11(26-3)21(12)17-14/h4-8H,1-3H3,(H,18,22). The highest BCUT2D eigenvalue weighted by molar-refractivity contribution is 9.07. The van der Waals surface area contributed by atoms with Crippen molar-refractivity contribution in [3.63, 3.8) is 0 Å². The smallest absolute Gasteiger partial charge is 0.301 e. The molecule has 0 saturated carbocycles. The molecule has 13 heteroatoms. The zero-order valence-corrected chi connectivity index (χ0v) is 16.9. The Morgan fingerprint density at radius 1 is 1.22 bits per heavy atom. The Morgan fingerprint density at radius 3 is 2.63 bits per heavy atom. The Hall–Kier alpha value is -2.80. The van der Waals surface area contributed by atoms with E-state index in [4.69, 9.17) is 9.47 Å². The summed E-state index contributed by atoms with van der Waals surface area (Å²) in [6, 6.07) is 3.11. The lowest BCUT2D eigenvalue weighted by Gasteiger charge is -2.22. The number of pyridine rings is 1. The van der Waals surface area contributed by atoms with E-state index in [1.165, 1.54) is 28.9 Å². The number of fused-ring (bicyclic) bond motifs is 1. The van der Waals surface area contributed by atoms with E-state index in [0.29, 0.717) is 5.75 Å². The van der Waals surface area contributed by atoms with Crippen LogP contribution in [0.5, 0.6) is 11.6 Å². The fourth-order valence-electron chi connectivity index (χ4n) is 2.24. The number of carbonyl (C=O) groups is 1. The van der Waals surface area contributed by atoms with E-state index >= 15 is 0 Å². The number of amides is 1. The summed E-state index contributed by atoms with van der Waals surface area (Å²) in [6.45, 7) is 0. The maximum Gasteiger partial charge on any atom is 0.301 e. The fourth-order valence-corrected chi connectivity index (χ4v) is 3.43. The van der Waals surface area contributed by atoms with Gasteiger partial charge in [-0.15, -0.1) is 5.10 Å². The Kier molecular flexibility index (Phi) is 4.97. The van der Waals surface area contributed by atoms with E-state index < -0.39 is 21.1 Å². The molecule has 0 radical (unpaired) electrons. The number of sulfonamides is 1. The number of methoxy groups -OCH3 is 2. The number of nitrogens with one attached hydrogen (secondary N) is 1. The Bertz CT molecular complexity index is 1020. The first-order valence-corrected chi connectivity index (χ1v) is 9.58. The van der Waals surface area contributed by atoms with E-state index in [1.807, 2.05) is 4.72 Å². The van der Waals surface area contributed by atoms with Crippen LogP contribution in [0.4, 0.5) is 0 Å². The van der Waals surface area contributed by atoms with Crippen LogP contribution in [0.15, 0.2) is 41.6 Å². The zero-order valence-electron chi connectivity index (χ0n) is 14.5. The number of halogens is 1. The highest BCUT2D eigenvalue weighted by Crippen LogP contribution is 2.24. The van der Waals surface area contributed by atoms with E-state index in [-0.39, 0.29) is 17.2 Å². The van der Waals surface area contributed by atoms with Crippen molar-refractivity contribution in [2.24, 2.45) is 0 Å². The third kappa shape index (κ3) is 3.55. The number of hydrogen-bond acceptors (Lipinski definition) is 9. The molecule has 0 unspecified atom stereocenters. The molecule has 27 heavy (non-hydrogen) atoms. The number of nitrogens with zero attached hydrogens (tertiary/aromatic N) is 5. The molecular weight excluding hydrogens is 444 g/mol. The van der Waals surface area contributed by atoms with Crippen molar-refractivity contribution in [3.8, 4) is 11.6 Å². The summed E-state index contributed by atoms with van der Waals surface area (Å²) in [5.41, 5.74) is 0.189. The van der Waals surface area contributed by atoms with Gasteiger partial charge in [0.25, 0.3) is 11.1 Å². The zero-order chi connectivity index (χ0) is 19.8. The summed E-state index contributed by atoms with van der Waals surface area (Å²) in [5, 5.41) is 3.33. The second-order valence-electron chi connectivity index (χ2n) is 5.30. The molecule has 0 aromatic carbocycles. The van der Waals surface area contributed by atoms with Crippen LogP contribution >= 0.6 is 16.1 Å². The molecule has 0 bridgehead atoms. The van der Waals surface area contributed by atoms with E-state index in [1.54, 1.807) is 36.5 Å². The van der Waals surface area contributed by atoms with Crippen LogP contribution in [-0.4, -0.2) is 59.0 Å². The maximum atomic E-state index is 12.6. The highest BCUT2D eigenvalue weighted by atomic mass is 79.9. The van der Waals surface area contributed by atoms with Crippen molar-refractivity contribution in [1.82, 2.24) is 28.1 Å². The molecule has 0 aliphatic carbocycles. The van der Waals surface area contributed by atoms with Gasteiger partial charge in [0.2, 0.25) is 11.5 Å². The van der Waals surface area contributed by atoms with Gasteiger partial charge in [0.05, 0.1) is 30.4 Å². The lowest BCUT2D eigenvalue weighted by Crippen LogP contribution is -2.36. The molecule has 0 atom stereocenters. The third-order valence-electron chi connectivity index (χ3n) is 3.51. The lowest BCUT2D eigenvalue weighted by molar-refractivity contribution is -0.116. The molecule has 11 nitrogen and oxygen atoms in total. The van der Waals surface area contributed by atoms with Crippen molar-refractivity contribution < 1.29 is 22.7 Å². The van der Waals surface area contributed by atoms with E-state index in [0.717, 1.165) is 0 Å². The van der Waals surface area contributed by atoms with Crippen LogP contribution in [0.3, 0.4) is 0 Å². The summed E-state index contributed by atoms with van der Waals surface area (Å²) in [7, 11) is 0.168. The summed E-state index contributed by atoms with van der Waals surface area (Å²) < 4.78 is 39.9. The molecule has 1 N–H and O–H groups in total. The van der Waals surface area contributed by atoms with Gasteiger partial charge >= 0.3 is 10.0 Å². The van der Waals surface area contributed by atoms with Gasteiger partial charge in [-0.05, 0) is 6.07 Å². The topological polar surface area (TPSA) is 118 Å². The van der Waals surface area contributed by atoms with Crippen molar-refractivity contribution in [1.29, 1.82) is 0 Å². The van der Waals surface area contributed by atoms with Gasteiger partial charge in [0.1, 0.15) is 5.70 Å². The quantitative estimate of drug-likeness (QED) is 0.635. The average Bonchev–Trinajstić information content (AvgIpc) is 3.09. The monoisotopic (exact) mass is 458 g/mol. The van der Waals surface area contributed by atoms with Gasteiger partial charge in [-0.2, -0.15) is 17.9 Å². The van der Waals surface area contributed by atoms with Gasteiger partial charge in [-0.25, -0.2) is 4.72 Å². The van der Waals surface area contributed by atoms with E-state index in [2.05, 4.69) is 26.2 Å². The molecule has 3 heterocycles. The fraction of sp³-hybridized carbons (Fsp3) is 0.214. The second kappa shape index (κ2) is 7.08. The maximum absolute atomic E-state index is 12.6. The molecule has 0 fully saturated rings.